The fourth-order valence-electron chi connectivity index (χ4n) is 4.85. The number of hydrogen-bond donors (Lipinski definition) is 4. The summed E-state index contributed by atoms with van der Waals surface area (Å²) in [7, 11) is 1.57. The van der Waals surface area contributed by atoms with Crippen LogP contribution in [0.5, 0.6) is 0 Å². The molecule has 8 amide bonds. The number of fused-ring (bicyclic) bond motifs is 1. The van der Waals surface area contributed by atoms with E-state index >= 15 is 0 Å². The van der Waals surface area contributed by atoms with E-state index in [0.29, 0.717) is 5.01 Å². The lowest BCUT2D eigenvalue weighted by Crippen LogP contribution is -2.58. The minimum atomic E-state index is -1.21. The molecule has 270 valence electrons. The van der Waals surface area contributed by atoms with E-state index in [1.54, 1.807) is 27.8 Å². The van der Waals surface area contributed by atoms with Crippen LogP contribution in [0.1, 0.15) is 40.2 Å². The van der Waals surface area contributed by atoms with Crippen molar-refractivity contribution in [3.05, 3.63) is 60.2 Å². The van der Waals surface area contributed by atoms with E-state index in [4.69, 9.17) is 10.5 Å². The second kappa shape index (κ2) is 17.1. The third-order valence-electron chi connectivity index (χ3n) is 7.56. The minimum Gasteiger partial charge on any atom is -0.444 e. The number of ether oxygens (including phenoxy) is 1. The Morgan fingerprint density at radius 2 is 1.42 bits per heavy atom. The maximum absolute atomic E-state index is 12.9. The molecule has 1 heterocycles. The molecule has 0 unspecified atom stereocenters. The standard InChI is InChI=1S/C34H46N8O8/c1-22(37-32(48)40-16-18-41(19-17-40)33(49)50-34(3,4)5)30(46)36-23(2)31(47)38-42(21-27(35)43)29(45)15-14-28(44)39(6)20-25-12-9-11-24-10-7-8-13-26(24)25/h7-15,22-23H,16-21H2,1-6H3,(H2,35,43)(H,36,46)(H,37,48)(H,38,47)/b15-14+/t22-,23-/m0/s1. The van der Waals surface area contributed by atoms with Crippen molar-refractivity contribution in [2.75, 3.05) is 39.8 Å². The lowest BCUT2D eigenvalue weighted by molar-refractivity contribution is -0.142. The highest BCUT2D eigenvalue weighted by Crippen LogP contribution is 2.20. The van der Waals surface area contributed by atoms with E-state index in [0.717, 1.165) is 28.5 Å². The number of carbonyl (C=O) groups is 7. The number of benzene rings is 2. The van der Waals surface area contributed by atoms with Crippen molar-refractivity contribution in [2.45, 2.75) is 58.8 Å². The van der Waals surface area contributed by atoms with Gasteiger partial charge in [0.05, 0.1) is 0 Å². The summed E-state index contributed by atoms with van der Waals surface area (Å²) in [5.74, 6) is -3.90. The van der Waals surface area contributed by atoms with Gasteiger partial charge in [-0.25, -0.2) is 14.6 Å². The first-order valence-electron chi connectivity index (χ1n) is 16.1. The third-order valence-corrected chi connectivity index (χ3v) is 7.56. The van der Waals surface area contributed by atoms with Gasteiger partial charge in [-0.15, -0.1) is 0 Å². The summed E-state index contributed by atoms with van der Waals surface area (Å²) >= 11 is 0. The zero-order valence-corrected chi connectivity index (χ0v) is 29.2. The first kappa shape index (κ1) is 38.8. The van der Waals surface area contributed by atoms with Crippen LogP contribution in [0.2, 0.25) is 0 Å². The van der Waals surface area contributed by atoms with Crippen molar-refractivity contribution in [1.29, 1.82) is 0 Å². The largest absolute Gasteiger partial charge is 0.444 e. The summed E-state index contributed by atoms with van der Waals surface area (Å²) in [5, 5.41) is 7.64. The van der Waals surface area contributed by atoms with E-state index in [2.05, 4.69) is 16.1 Å². The number of rotatable bonds is 10. The van der Waals surface area contributed by atoms with Crippen molar-refractivity contribution in [2.24, 2.45) is 5.73 Å². The number of amides is 8. The Hall–Kier alpha value is -5.67. The molecule has 3 rings (SSSR count). The van der Waals surface area contributed by atoms with Crippen LogP contribution in [0, 0.1) is 0 Å². The summed E-state index contributed by atoms with van der Waals surface area (Å²) in [6.45, 7) is 8.58. The Morgan fingerprint density at radius 3 is 2.06 bits per heavy atom. The molecule has 1 aliphatic rings. The number of carbonyl (C=O) groups excluding carboxylic acids is 7. The molecule has 2 atom stereocenters. The summed E-state index contributed by atoms with van der Waals surface area (Å²) in [4.78, 5) is 92.4. The van der Waals surface area contributed by atoms with E-state index in [9.17, 15) is 33.6 Å². The number of hydrogen-bond acceptors (Lipinski definition) is 8. The number of piperazine rings is 1. The van der Waals surface area contributed by atoms with Crippen molar-refractivity contribution < 1.29 is 38.3 Å². The molecule has 50 heavy (non-hydrogen) atoms. The second-order valence-corrected chi connectivity index (χ2v) is 12.9. The normalized spacial score (nSPS) is 14.4. The maximum atomic E-state index is 12.9. The minimum absolute atomic E-state index is 0.225. The Labute approximate surface area is 290 Å². The Kier molecular flexibility index (Phi) is 13.3. The van der Waals surface area contributed by atoms with E-state index in [-0.39, 0.29) is 32.7 Å². The number of nitrogens with zero attached hydrogens (tertiary/aromatic N) is 4. The molecule has 0 saturated carbocycles. The zero-order chi connectivity index (χ0) is 37.2. The molecule has 1 aliphatic heterocycles. The van der Waals surface area contributed by atoms with E-state index in [1.165, 1.54) is 28.5 Å². The Morgan fingerprint density at radius 1 is 0.840 bits per heavy atom. The first-order valence-corrected chi connectivity index (χ1v) is 16.1. The van der Waals surface area contributed by atoms with E-state index < -0.39 is 65.9 Å². The molecule has 2 aromatic carbocycles. The van der Waals surface area contributed by atoms with Crippen LogP contribution in [-0.4, -0.2) is 119 Å². The lowest BCUT2D eigenvalue weighted by atomic mass is 10.0. The van der Waals surface area contributed by atoms with Gasteiger partial charge < -0.3 is 35.8 Å². The smallest absolute Gasteiger partial charge is 0.410 e. The molecular weight excluding hydrogens is 648 g/mol. The van der Waals surface area contributed by atoms with Gasteiger partial charge in [0.15, 0.2) is 0 Å². The highest BCUT2D eigenvalue weighted by Gasteiger charge is 2.30. The van der Waals surface area contributed by atoms with Gasteiger partial charge in [0, 0.05) is 51.9 Å². The van der Waals surface area contributed by atoms with Gasteiger partial charge >= 0.3 is 12.1 Å². The van der Waals surface area contributed by atoms with Crippen LogP contribution >= 0.6 is 0 Å². The third kappa shape index (κ3) is 11.5. The van der Waals surface area contributed by atoms with Crippen LogP contribution in [0.25, 0.3) is 10.8 Å². The molecule has 1 fully saturated rings. The number of primary amides is 1. The monoisotopic (exact) mass is 694 g/mol. The molecule has 0 aromatic heterocycles. The van der Waals surface area contributed by atoms with Gasteiger partial charge in [0.25, 0.3) is 11.8 Å². The van der Waals surface area contributed by atoms with Crippen molar-refractivity contribution in [3.8, 4) is 0 Å². The average Bonchev–Trinajstić information content (AvgIpc) is 3.05. The number of nitrogens with two attached hydrogens (primary N) is 1. The number of likely N-dealkylation sites (N-methyl/N-ethyl adjacent to an activating group) is 1. The highest BCUT2D eigenvalue weighted by molar-refractivity contribution is 5.99. The van der Waals surface area contributed by atoms with Crippen LogP contribution in [0.15, 0.2) is 54.6 Å². The molecule has 0 aliphatic carbocycles. The molecule has 1 saturated heterocycles. The summed E-state index contributed by atoms with van der Waals surface area (Å²) in [5.41, 5.74) is 7.77. The lowest BCUT2D eigenvalue weighted by Gasteiger charge is -2.36. The van der Waals surface area contributed by atoms with E-state index in [1.807, 2.05) is 42.5 Å². The number of urea groups is 1. The van der Waals surface area contributed by atoms with Gasteiger partial charge in [-0.1, -0.05) is 42.5 Å². The number of nitrogens with one attached hydrogen (secondary N) is 3. The van der Waals surface area contributed by atoms with Crippen molar-refractivity contribution in [1.82, 2.24) is 35.8 Å². The molecular formula is C34H46N8O8. The Bertz CT molecular complexity index is 1630. The Balaban J connectivity index is 1.50. The topological polar surface area (TPSA) is 204 Å². The molecule has 0 bridgehead atoms. The molecule has 5 N–H and O–H groups in total. The molecule has 16 nitrogen and oxygen atoms in total. The molecule has 16 heteroatoms. The molecule has 0 radical (unpaired) electrons. The van der Waals surface area contributed by atoms with Crippen molar-refractivity contribution >= 4 is 52.4 Å². The van der Waals surface area contributed by atoms with Crippen molar-refractivity contribution in [3.63, 3.8) is 0 Å². The highest BCUT2D eigenvalue weighted by atomic mass is 16.6. The fourth-order valence-corrected chi connectivity index (χ4v) is 4.85. The fraction of sp³-hybridized carbons (Fsp3) is 0.441. The summed E-state index contributed by atoms with van der Waals surface area (Å²) in [6.07, 6.45) is 1.44. The molecule has 0 spiro atoms. The van der Waals surface area contributed by atoms with Crippen LogP contribution in [0.4, 0.5) is 9.59 Å². The SMILES string of the molecule is C[C@H](NC(=O)[C@H](C)NC(=O)N1CCN(C(=O)OC(C)(C)C)CC1)C(=O)NN(CC(N)=O)C(=O)/C=C/C(=O)N(C)Cc1cccc2ccccc12. The molecule has 2 aromatic rings. The van der Waals surface area contributed by atoms with Gasteiger partial charge in [0.1, 0.15) is 24.2 Å². The quantitative estimate of drug-likeness (QED) is 0.207. The zero-order valence-electron chi connectivity index (χ0n) is 29.2. The van der Waals surface area contributed by atoms with Crippen LogP contribution < -0.4 is 21.8 Å². The summed E-state index contributed by atoms with van der Waals surface area (Å²) < 4.78 is 5.36. The average molecular weight is 695 g/mol. The first-order chi connectivity index (χ1) is 23.4. The van der Waals surface area contributed by atoms with Gasteiger partial charge in [-0.2, -0.15) is 0 Å². The predicted molar refractivity (Wildman–Crippen MR) is 184 cm³/mol. The van der Waals surface area contributed by atoms with Gasteiger partial charge in [0.2, 0.25) is 17.7 Å². The number of hydrazine groups is 1. The predicted octanol–water partition coefficient (Wildman–Crippen LogP) is 0.855. The second-order valence-electron chi connectivity index (χ2n) is 12.9. The maximum Gasteiger partial charge on any atom is 0.410 e. The van der Waals surface area contributed by atoms with Crippen LogP contribution in [-0.2, 0) is 35.3 Å². The van der Waals surface area contributed by atoms with Gasteiger partial charge in [-0.3, -0.25) is 29.4 Å². The van der Waals surface area contributed by atoms with Crippen LogP contribution in [0.3, 0.4) is 0 Å². The van der Waals surface area contributed by atoms with Gasteiger partial charge in [-0.05, 0) is 51.0 Å². The summed E-state index contributed by atoms with van der Waals surface area (Å²) in [6, 6.07) is 10.7.